The van der Waals surface area contributed by atoms with Crippen molar-refractivity contribution in [2.75, 3.05) is 11.9 Å². The molecule has 0 saturated carbocycles. The number of nitrogens with one attached hydrogen (secondary N) is 2. The Kier molecular flexibility index (Phi) is 6.85. The third-order valence-corrected chi connectivity index (χ3v) is 4.74. The van der Waals surface area contributed by atoms with Gasteiger partial charge in [-0.25, -0.2) is 9.37 Å². The average molecular weight is 401 g/mol. The molecule has 0 aliphatic heterocycles. The van der Waals surface area contributed by atoms with Crippen LogP contribution >= 0.6 is 11.3 Å². The molecule has 0 fully saturated rings. The highest BCUT2D eigenvalue weighted by molar-refractivity contribution is 7.09. The summed E-state index contributed by atoms with van der Waals surface area (Å²) in [4.78, 5) is 28.5. The van der Waals surface area contributed by atoms with Crippen LogP contribution in [0.5, 0.6) is 0 Å². The third-order valence-electron chi connectivity index (χ3n) is 3.90. The lowest BCUT2D eigenvalue weighted by Crippen LogP contribution is -2.26. The number of benzene rings is 1. The topological polar surface area (TPSA) is 88.9 Å². The number of rotatable bonds is 9. The Balaban J connectivity index is 1.50. The van der Waals surface area contributed by atoms with E-state index in [4.69, 9.17) is 0 Å². The van der Waals surface area contributed by atoms with Crippen LogP contribution in [0.3, 0.4) is 0 Å². The molecule has 0 aliphatic carbocycles. The van der Waals surface area contributed by atoms with E-state index >= 15 is 0 Å². The summed E-state index contributed by atoms with van der Waals surface area (Å²) in [6, 6.07) is 5.62. The van der Waals surface area contributed by atoms with E-state index in [0.717, 1.165) is 11.1 Å². The summed E-state index contributed by atoms with van der Waals surface area (Å²) in [5.41, 5.74) is 0.417. The molecule has 2 amide bonds. The second-order valence-corrected chi connectivity index (χ2v) is 7.06. The van der Waals surface area contributed by atoms with Crippen molar-refractivity contribution in [3.05, 3.63) is 64.6 Å². The number of aromatic nitrogens is 3. The number of thiazole rings is 1. The van der Waals surface area contributed by atoms with E-state index in [-0.39, 0.29) is 23.6 Å². The number of amides is 2. The molecule has 3 aromatic rings. The van der Waals surface area contributed by atoms with Gasteiger partial charge >= 0.3 is 0 Å². The Morgan fingerprint density at radius 3 is 2.86 bits per heavy atom. The van der Waals surface area contributed by atoms with Crippen molar-refractivity contribution in [1.29, 1.82) is 0 Å². The van der Waals surface area contributed by atoms with E-state index < -0.39 is 11.7 Å². The first-order valence-corrected chi connectivity index (χ1v) is 9.72. The van der Waals surface area contributed by atoms with E-state index in [1.807, 2.05) is 17.6 Å². The third kappa shape index (κ3) is 5.98. The second-order valence-electron chi connectivity index (χ2n) is 6.08. The first kappa shape index (κ1) is 19.7. The number of anilines is 1. The molecule has 1 aromatic carbocycles. The lowest BCUT2D eigenvalue weighted by molar-refractivity contribution is -0.116. The summed E-state index contributed by atoms with van der Waals surface area (Å²) in [6.45, 7) is 1.02. The molecule has 0 bridgehead atoms. The van der Waals surface area contributed by atoms with Gasteiger partial charge in [-0.2, -0.15) is 5.10 Å². The molecular weight excluding hydrogens is 381 g/mol. The molecule has 0 unspecified atom stereocenters. The van der Waals surface area contributed by atoms with Crippen molar-refractivity contribution in [1.82, 2.24) is 20.1 Å². The summed E-state index contributed by atoms with van der Waals surface area (Å²) >= 11 is 1.51. The molecule has 2 aromatic heterocycles. The maximum Gasteiger partial charge on any atom is 0.251 e. The van der Waals surface area contributed by atoms with E-state index in [1.165, 1.54) is 23.5 Å². The summed E-state index contributed by atoms with van der Waals surface area (Å²) in [5, 5.41) is 12.2. The number of carbonyl (C=O) groups is 2. The molecule has 9 heteroatoms. The fraction of sp³-hybridized carbons (Fsp3) is 0.263. The number of nitrogens with zero attached hydrogens (tertiary/aromatic N) is 3. The minimum absolute atomic E-state index is 0.158. The Morgan fingerprint density at radius 2 is 2.11 bits per heavy atom. The molecule has 146 valence electrons. The number of hydrogen-bond donors (Lipinski definition) is 2. The van der Waals surface area contributed by atoms with E-state index in [9.17, 15) is 14.0 Å². The molecule has 2 N–H and O–H groups in total. The van der Waals surface area contributed by atoms with Crippen LogP contribution in [0.15, 0.2) is 48.2 Å². The average Bonchev–Trinajstić information content (AvgIpc) is 3.35. The van der Waals surface area contributed by atoms with Crippen LogP contribution in [0, 0.1) is 5.82 Å². The SMILES string of the molecule is O=C(CCCn1cccn1)Nc1cc(F)cc(C(=O)NCCc2nccs2)c1. The fourth-order valence-electron chi connectivity index (χ4n) is 2.61. The maximum absolute atomic E-state index is 13.9. The molecule has 7 nitrogen and oxygen atoms in total. The summed E-state index contributed by atoms with van der Waals surface area (Å²) in [5.74, 6) is -1.22. The highest BCUT2D eigenvalue weighted by atomic mass is 32.1. The Morgan fingerprint density at radius 1 is 1.21 bits per heavy atom. The number of aryl methyl sites for hydroxylation is 1. The molecule has 28 heavy (non-hydrogen) atoms. The quantitative estimate of drug-likeness (QED) is 0.577. The van der Waals surface area contributed by atoms with Gasteiger partial charge in [-0.3, -0.25) is 14.3 Å². The van der Waals surface area contributed by atoms with Gasteiger partial charge in [0.25, 0.3) is 5.91 Å². The summed E-state index contributed by atoms with van der Waals surface area (Å²) in [6.07, 6.45) is 6.69. The highest BCUT2D eigenvalue weighted by Crippen LogP contribution is 2.15. The van der Waals surface area contributed by atoms with Crippen LogP contribution < -0.4 is 10.6 Å². The van der Waals surface area contributed by atoms with Crippen LogP contribution in [0.2, 0.25) is 0 Å². The van der Waals surface area contributed by atoms with Crippen molar-refractivity contribution >= 4 is 28.8 Å². The fourth-order valence-corrected chi connectivity index (χ4v) is 3.23. The zero-order chi connectivity index (χ0) is 19.8. The summed E-state index contributed by atoms with van der Waals surface area (Å²) < 4.78 is 15.6. The highest BCUT2D eigenvalue weighted by Gasteiger charge is 2.11. The minimum Gasteiger partial charge on any atom is -0.352 e. The molecular formula is C19H20FN5O2S. The van der Waals surface area contributed by atoms with Crippen LogP contribution in [-0.4, -0.2) is 33.1 Å². The van der Waals surface area contributed by atoms with Crippen molar-refractivity contribution in [2.45, 2.75) is 25.8 Å². The standard InChI is InChI=1S/C19H20FN5O2S/c20-15-11-14(19(27)22-6-4-18-21-7-10-28-18)12-16(13-15)24-17(26)3-1-8-25-9-2-5-23-25/h2,5,7,9-13H,1,3-4,6,8H2,(H,22,27)(H,24,26). The van der Waals surface area contributed by atoms with E-state index in [2.05, 4.69) is 20.7 Å². The predicted octanol–water partition coefficient (Wildman–Crippen LogP) is 2.87. The van der Waals surface area contributed by atoms with Crippen LogP contribution in [0.4, 0.5) is 10.1 Å². The van der Waals surface area contributed by atoms with Crippen LogP contribution in [0.1, 0.15) is 28.2 Å². The Bertz CT molecular complexity index is 913. The lowest BCUT2D eigenvalue weighted by atomic mass is 10.1. The van der Waals surface area contributed by atoms with Gasteiger partial charge in [0.2, 0.25) is 5.91 Å². The molecule has 0 atom stereocenters. The van der Waals surface area contributed by atoms with Gasteiger partial charge in [0, 0.05) is 61.2 Å². The van der Waals surface area contributed by atoms with Crippen molar-refractivity contribution < 1.29 is 14.0 Å². The van der Waals surface area contributed by atoms with Gasteiger partial charge in [-0.05, 0) is 30.7 Å². The molecule has 0 aliphatic rings. The van der Waals surface area contributed by atoms with Gasteiger partial charge in [-0.1, -0.05) is 0 Å². The van der Waals surface area contributed by atoms with E-state index in [1.54, 1.807) is 17.1 Å². The van der Waals surface area contributed by atoms with Gasteiger partial charge in [-0.15, -0.1) is 11.3 Å². The van der Waals surface area contributed by atoms with Crippen molar-refractivity contribution in [3.63, 3.8) is 0 Å². The number of carbonyl (C=O) groups excluding carboxylic acids is 2. The first-order chi connectivity index (χ1) is 13.6. The van der Waals surface area contributed by atoms with Gasteiger partial charge in [0.15, 0.2) is 0 Å². The normalized spacial score (nSPS) is 10.6. The number of hydrogen-bond acceptors (Lipinski definition) is 5. The largest absolute Gasteiger partial charge is 0.352 e. The molecule has 2 heterocycles. The zero-order valence-corrected chi connectivity index (χ0v) is 15.9. The van der Waals surface area contributed by atoms with Gasteiger partial charge in [0.05, 0.1) is 5.01 Å². The smallest absolute Gasteiger partial charge is 0.251 e. The van der Waals surface area contributed by atoms with Crippen molar-refractivity contribution in [2.24, 2.45) is 0 Å². The van der Waals surface area contributed by atoms with Crippen LogP contribution in [-0.2, 0) is 17.8 Å². The van der Waals surface area contributed by atoms with Gasteiger partial charge in [0.1, 0.15) is 5.82 Å². The maximum atomic E-state index is 13.9. The minimum atomic E-state index is -0.584. The molecule has 3 rings (SSSR count). The predicted molar refractivity (Wildman–Crippen MR) is 105 cm³/mol. The molecule has 0 spiro atoms. The Hall–Kier alpha value is -3.07. The van der Waals surface area contributed by atoms with Crippen molar-refractivity contribution in [3.8, 4) is 0 Å². The zero-order valence-electron chi connectivity index (χ0n) is 15.1. The lowest BCUT2D eigenvalue weighted by Gasteiger charge is -2.09. The Labute approximate surface area is 165 Å². The van der Waals surface area contributed by atoms with E-state index in [0.29, 0.717) is 25.9 Å². The summed E-state index contributed by atoms with van der Waals surface area (Å²) in [7, 11) is 0. The second kappa shape index (κ2) is 9.75. The first-order valence-electron chi connectivity index (χ1n) is 8.84. The van der Waals surface area contributed by atoms with Gasteiger partial charge < -0.3 is 10.6 Å². The monoisotopic (exact) mass is 401 g/mol. The molecule has 0 radical (unpaired) electrons. The van der Waals surface area contributed by atoms with Crippen LogP contribution in [0.25, 0.3) is 0 Å². The molecule has 0 saturated heterocycles. The number of halogens is 1.